The van der Waals surface area contributed by atoms with Crippen LogP contribution in [0, 0.1) is 11.8 Å². The van der Waals surface area contributed by atoms with E-state index in [0.717, 1.165) is 0 Å². The highest BCUT2D eigenvalue weighted by Crippen LogP contribution is 2.46. The molecule has 160 valence electrons. The Balaban J connectivity index is 2.21. The first-order valence-corrected chi connectivity index (χ1v) is 10.4. The van der Waals surface area contributed by atoms with E-state index >= 15 is 0 Å². The first-order valence-electron chi connectivity index (χ1n) is 9.66. The topological polar surface area (TPSA) is 81.7 Å². The molecule has 3 atom stereocenters. The van der Waals surface area contributed by atoms with Crippen LogP contribution in [0.15, 0.2) is 40.7 Å². The van der Waals surface area contributed by atoms with Crippen molar-refractivity contribution in [2.75, 3.05) is 13.7 Å². The number of allylic oxidation sites excluding steroid dienone is 3. The van der Waals surface area contributed by atoms with Crippen molar-refractivity contribution >= 4 is 40.9 Å². The molecule has 1 N–H and O–H groups in total. The second kappa shape index (κ2) is 8.82. The Hall–Kier alpha value is -2.31. The predicted octanol–water partition coefficient (Wildman–Crippen LogP) is 4.17. The second-order valence-electron chi connectivity index (χ2n) is 7.43. The lowest BCUT2D eigenvalue weighted by atomic mass is 9.69. The Morgan fingerprint density at radius 3 is 2.53 bits per heavy atom. The Morgan fingerprint density at radius 1 is 1.23 bits per heavy atom. The van der Waals surface area contributed by atoms with Gasteiger partial charge >= 0.3 is 11.9 Å². The van der Waals surface area contributed by atoms with E-state index in [1.165, 1.54) is 7.11 Å². The van der Waals surface area contributed by atoms with Crippen LogP contribution in [0.1, 0.15) is 38.7 Å². The Labute approximate surface area is 185 Å². The third-order valence-electron chi connectivity index (χ3n) is 5.52. The van der Waals surface area contributed by atoms with Gasteiger partial charge in [0, 0.05) is 22.9 Å². The van der Waals surface area contributed by atoms with Gasteiger partial charge in [0.1, 0.15) is 5.92 Å². The molecule has 0 unspecified atom stereocenters. The molecule has 30 heavy (non-hydrogen) atoms. The molecular weight excluding hydrogens is 429 g/mol. The van der Waals surface area contributed by atoms with Gasteiger partial charge in [-0.05, 0) is 43.9 Å². The van der Waals surface area contributed by atoms with Gasteiger partial charge in [-0.2, -0.15) is 0 Å². The summed E-state index contributed by atoms with van der Waals surface area (Å²) in [7, 11) is 1.26. The average molecular weight is 452 g/mol. The molecule has 0 saturated heterocycles. The first kappa shape index (κ1) is 22.4. The highest BCUT2D eigenvalue weighted by atomic mass is 35.5. The maximum absolute atomic E-state index is 13.5. The van der Waals surface area contributed by atoms with Crippen molar-refractivity contribution in [3.63, 3.8) is 0 Å². The molecular formula is C22H23Cl2NO5. The third-order valence-corrected chi connectivity index (χ3v) is 6.25. The number of nitrogens with one attached hydrogen (secondary N) is 1. The lowest BCUT2D eigenvalue weighted by Crippen LogP contribution is -2.43. The lowest BCUT2D eigenvalue weighted by molar-refractivity contribution is -0.151. The lowest BCUT2D eigenvalue weighted by Gasteiger charge is -2.38. The van der Waals surface area contributed by atoms with Gasteiger partial charge in [0.15, 0.2) is 5.78 Å². The van der Waals surface area contributed by atoms with Gasteiger partial charge in [0.25, 0.3) is 0 Å². The molecule has 1 aliphatic carbocycles. The third kappa shape index (κ3) is 3.86. The molecule has 3 rings (SSSR count). The van der Waals surface area contributed by atoms with E-state index in [0.29, 0.717) is 44.6 Å². The molecule has 2 aliphatic rings. The Morgan fingerprint density at radius 2 is 1.93 bits per heavy atom. The predicted molar refractivity (Wildman–Crippen MR) is 113 cm³/mol. The second-order valence-corrected chi connectivity index (χ2v) is 8.24. The zero-order chi connectivity index (χ0) is 22.2. The maximum atomic E-state index is 13.5. The van der Waals surface area contributed by atoms with Crippen molar-refractivity contribution in [3.05, 3.63) is 56.3 Å². The van der Waals surface area contributed by atoms with Crippen LogP contribution in [-0.2, 0) is 23.9 Å². The van der Waals surface area contributed by atoms with Crippen molar-refractivity contribution in [2.45, 2.75) is 33.1 Å². The summed E-state index contributed by atoms with van der Waals surface area (Å²) in [5.74, 6) is -3.41. The normalized spacial score (nSPS) is 23.7. The molecule has 0 aromatic heterocycles. The molecule has 6 nitrogen and oxygen atoms in total. The number of ether oxygens (including phenoxy) is 2. The van der Waals surface area contributed by atoms with Crippen LogP contribution in [0.3, 0.4) is 0 Å². The van der Waals surface area contributed by atoms with Crippen LogP contribution in [-0.4, -0.2) is 31.4 Å². The zero-order valence-electron chi connectivity index (χ0n) is 17.2. The van der Waals surface area contributed by atoms with Crippen molar-refractivity contribution in [2.24, 2.45) is 11.8 Å². The van der Waals surface area contributed by atoms with Crippen LogP contribution >= 0.6 is 23.2 Å². The summed E-state index contributed by atoms with van der Waals surface area (Å²) in [4.78, 5) is 38.7. The summed E-state index contributed by atoms with van der Waals surface area (Å²) in [6.07, 6.45) is 0.464. The molecule has 8 heteroatoms. The van der Waals surface area contributed by atoms with Gasteiger partial charge in [-0.15, -0.1) is 0 Å². The summed E-state index contributed by atoms with van der Waals surface area (Å²) in [5.41, 5.74) is 2.57. The maximum Gasteiger partial charge on any atom is 0.336 e. The van der Waals surface area contributed by atoms with Gasteiger partial charge in [-0.1, -0.05) is 36.2 Å². The van der Waals surface area contributed by atoms with Crippen molar-refractivity contribution < 1.29 is 23.9 Å². The summed E-state index contributed by atoms with van der Waals surface area (Å²) in [5, 5.41) is 3.86. The molecule has 1 heterocycles. The van der Waals surface area contributed by atoms with Crippen molar-refractivity contribution in [1.82, 2.24) is 5.32 Å². The number of carbonyl (C=O) groups is 3. The van der Waals surface area contributed by atoms with Gasteiger partial charge in [-0.25, -0.2) is 4.79 Å². The fourth-order valence-corrected chi connectivity index (χ4v) is 4.49. The van der Waals surface area contributed by atoms with Crippen LogP contribution in [0.2, 0.25) is 10.0 Å². The molecule has 0 spiro atoms. The summed E-state index contributed by atoms with van der Waals surface area (Å²) in [6, 6.07) is 4.97. The highest BCUT2D eigenvalue weighted by molar-refractivity contribution is 6.42. The smallest absolute Gasteiger partial charge is 0.336 e. The standard InChI is InChI=1S/C22H23Cl2NO5/c1-5-30-22(28)17-11(3)25-15-8-10(2)16(21(27)29-4)20(26)19(15)18(17)12-6-7-13(23)14(24)9-12/h6-7,9-10,16,18,25H,5,8H2,1-4H3/t10-,16+,18-/m1/s1. The number of benzene rings is 1. The van der Waals surface area contributed by atoms with Crippen LogP contribution in [0.25, 0.3) is 0 Å². The average Bonchev–Trinajstić information content (AvgIpc) is 2.68. The first-order chi connectivity index (χ1) is 14.2. The molecule has 0 saturated carbocycles. The number of halogens is 2. The number of carbonyl (C=O) groups excluding carboxylic acids is 3. The van der Waals surface area contributed by atoms with Gasteiger partial charge in [-0.3, -0.25) is 9.59 Å². The summed E-state index contributed by atoms with van der Waals surface area (Å²) >= 11 is 12.3. The molecule has 1 aromatic carbocycles. The van der Waals surface area contributed by atoms with E-state index in [-0.39, 0.29) is 18.3 Å². The van der Waals surface area contributed by atoms with Crippen molar-refractivity contribution in [3.8, 4) is 0 Å². The molecule has 0 radical (unpaired) electrons. The quantitative estimate of drug-likeness (QED) is 0.546. The van der Waals surface area contributed by atoms with E-state index in [2.05, 4.69) is 5.32 Å². The molecule has 0 fully saturated rings. The number of hydrogen-bond donors (Lipinski definition) is 1. The Kier molecular flexibility index (Phi) is 6.58. The van der Waals surface area contributed by atoms with E-state index in [1.54, 1.807) is 32.0 Å². The van der Waals surface area contributed by atoms with Crippen LogP contribution in [0.5, 0.6) is 0 Å². The summed E-state index contributed by atoms with van der Waals surface area (Å²) in [6.45, 7) is 5.50. The fraction of sp³-hybridized carbons (Fsp3) is 0.409. The van der Waals surface area contributed by atoms with E-state index in [1.807, 2.05) is 6.92 Å². The highest BCUT2D eigenvalue weighted by Gasteiger charge is 2.47. The largest absolute Gasteiger partial charge is 0.468 e. The Bertz CT molecular complexity index is 982. The summed E-state index contributed by atoms with van der Waals surface area (Å²) < 4.78 is 10.1. The van der Waals surface area contributed by atoms with E-state index in [9.17, 15) is 14.4 Å². The number of Topliss-reactive ketones (excluding diaryl/α,β-unsaturated/α-hetero) is 1. The number of dihydropyridines is 1. The van der Waals surface area contributed by atoms with Gasteiger partial charge in [0.05, 0.1) is 29.3 Å². The minimum Gasteiger partial charge on any atom is -0.468 e. The SMILES string of the molecule is CCOC(=O)C1=C(C)NC2=C(C(=O)[C@@H](C(=O)OC)[C@H](C)C2)[C@@H]1c1ccc(Cl)c(Cl)c1. The molecule has 0 amide bonds. The van der Waals surface area contributed by atoms with Crippen LogP contribution in [0.4, 0.5) is 0 Å². The van der Waals surface area contributed by atoms with E-state index < -0.39 is 23.8 Å². The number of esters is 2. The monoisotopic (exact) mass is 451 g/mol. The van der Waals surface area contributed by atoms with Gasteiger partial charge < -0.3 is 14.8 Å². The minimum absolute atomic E-state index is 0.186. The fourth-order valence-electron chi connectivity index (χ4n) is 4.19. The minimum atomic E-state index is -0.942. The molecule has 0 bridgehead atoms. The van der Waals surface area contributed by atoms with Crippen LogP contribution < -0.4 is 5.32 Å². The van der Waals surface area contributed by atoms with E-state index in [4.69, 9.17) is 32.7 Å². The number of ketones is 1. The molecule has 1 aromatic rings. The molecule has 1 aliphatic heterocycles. The number of hydrogen-bond acceptors (Lipinski definition) is 6. The van der Waals surface area contributed by atoms with Gasteiger partial charge in [0.2, 0.25) is 0 Å². The zero-order valence-corrected chi connectivity index (χ0v) is 18.7. The number of methoxy groups -OCH3 is 1. The number of rotatable bonds is 4. The van der Waals surface area contributed by atoms with Crippen molar-refractivity contribution in [1.29, 1.82) is 0 Å².